The van der Waals surface area contributed by atoms with Crippen molar-refractivity contribution in [3.8, 4) is 10.6 Å². The number of aryl methyl sites for hydroxylation is 1. The molecular formula is C17H23ClN4O2S. The third-order valence-electron chi connectivity index (χ3n) is 4.10. The van der Waals surface area contributed by atoms with Crippen molar-refractivity contribution < 1.29 is 9.53 Å². The molecule has 1 N–H and O–H groups in total. The Morgan fingerprint density at radius 2 is 2.28 bits per heavy atom. The fourth-order valence-electron chi connectivity index (χ4n) is 3.01. The number of rotatable bonds is 5. The minimum Gasteiger partial charge on any atom is -0.373 e. The molecule has 1 aliphatic heterocycles. The molecule has 0 aliphatic carbocycles. The zero-order chi connectivity index (χ0) is 18.0. The summed E-state index contributed by atoms with van der Waals surface area (Å²) in [7, 11) is 1.81. The number of hydrogen-bond acceptors (Lipinski definition) is 5. The Kier molecular flexibility index (Phi) is 5.48. The highest BCUT2D eigenvalue weighted by Crippen LogP contribution is 2.32. The van der Waals surface area contributed by atoms with Gasteiger partial charge >= 0.3 is 0 Å². The highest BCUT2D eigenvalue weighted by Gasteiger charge is 2.27. The fraction of sp³-hybridized carbons (Fsp3) is 0.529. The van der Waals surface area contributed by atoms with E-state index >= 15 is 0 Å². The number of nitrogens with one attached hydrogen (secondary N) is 1. The number of aromatic nitrogens is 2. The summed E-state index contributed by atoms with van der Waals surface area (Å²) in [6.07, 6.45) is 1.75. The lowest BCUT2D eigenvalue weighted by Crippen LogP contribution is -2.50. The third-order valence-corrected chi connectivity index (χ3v) is 5.34. The Bertz CT molecular complexity index is 756. The molecule has 1 aliphatic rings. The van der Waals surface area contributed by atoms with Gasteiger partial charge in [-0.1, -0.05) is 11.6 Å². The average molecular weight is 383 g/mol. The zero-order valence-electron chi connectivity index (χ0n) is 14.7. The predicted molar refractivity (Wildman–Crippen MR) is 100 cm³/mol. The van der Waals surface area contributed by atoms with Gasteiger partial charge in [-0.2, -0.15) is 5.10 Å². The lowest BCUT2D eigenvalue weighted by atomic mass is 10.1. The first-order valence-corrected chi connectivity index (χ1v) is 9.47. The zero-order valence-corrected chi connectivity index (χ0v) is 16.3. The maximum Gasteiger partial charge on any atom is 0.255 e. The van der Waals surface area contributed by atoms with Gasteiger partial charge in [0.05, 0.1) is 27.0 Å². The van der Waals surface area contributed by atoms with Crippen LogP contribution in [0.4, 0.5) is 0 Å². The SMILES string of the molecule is Cn1cc(C(=O)NCCN2CCOC(C)(C)C2)c(-c2ccc(Cl)s2)n1. The minimum atomic E-state index is -0.128. The number of halogens is 1. The molecule has 25 heavy (non-hydrogen) atoms. The number of carbonyl (C=O) groups excluding carboxylic acids is 1. The fourth-order valence-corrected chi connectivity index (χ4v) is 4.05. The van der Waals surface area contributed by atoms with E-state index < -0.39 is 0 Å². The van der Waals surface area contributed by atoms with Crippen molar-refractivity contribution in [1.29, 1.82) is 0 Å². The number of carbonyl (C=O) groups is 1. The summed E-state index contributed by atoms with van der Waals surface area (Å²) >= 11 is 7.43. The van der Waals surface area contributed by atoms with Crippen molar-refractivity contribution >= 4 is 28.8 Å². The van der Waals surface area contributed by atoms with Crippen molar-refractivity contribution in [1.82, 2.24) is 20.0 Å². The summed E-state index contributed by atoms with van der Waals surface area (Å²) in [5.41, 5.74) is 1.12. The molecule has 0 saturated carbocycles. The summed E-state index contributed by atoms with van der Waals surface area (Å²) in [4.78, 5) is 15.8. The van der Waals surface area contributed by atoms with Crippen LogP contribution < -0.4 is 5.32 Å². The van der Waals surface area contributed by atoms with Gasteiger partial charge in [0.25, 0.3) is 5.91 Å². The van der Waals surface area contributed by atoms with Gasteiger partial charge in [0.1, 0.15) is 5.69 Å². The van der Waals surface area contributed by atoms with Gasteiger partial charge in [-0.3, -0.25) is 14.4 Å². The molecule has 6 nitrogen and oxygen atoms in total. The van der Waals surface area contributed by atoms with E-state index in [4.69, 9.17) is 16.3 Å². The molecule has 3 heterocycles. The van der Waals surface area contributed by atoms with Crippen LogP contribution in [0.15, 0.2) is 18.3 Å². The average Bonchev–Trinajstić information content (AvgIpc) is 3.12. The van der Waals surface area contributed by atoms with E-state index in [-0.39, 0.29) is 11.5 Å². The highest BCUT2D eigenvalue weighted by atomic mass is 35.5. The first-order chi connectivity index (χ1) is 11.8. The predicted octanol–water partition coefficient (Wildman–Crippen LogP) is 2.64. The van der Waals surface area contributed by atoms with Crippen LogP contribution in [0.5, 0.6) is 0 Å². The number of ether oxygens (including phenoxy) is 1. The van der Waals surface area contributed by atoms with Crippen molar-refractivity contribution in [2.75, 3.05) is 32.8 Å². The van der Waals surface area contributed by atoms with Gasteiger partial charge < -0.3 is 10.1 Å². The Balaban J connectivity index is 1.60. The largest absolute Gasteiger partial charge is 0.373 e. The third kappa shape index (κ3) is 4.61. The molecule has 0 spiro atoms. The molecule has 8 heteroatoms. The van der Waals surface area contributed by atoms with Gasteiger partial charge in [0, 0.05) is 39.4 Å². The molecule has 0 bridgehead atoms. The van der Waals surface area contributed by atoms with E-state index in [0.717, 1.165) is 31.1 Å². The second-order valence-electron chi connectivity index (χ2n) is 6.81. The first kappa shape index (κ1) is 18.4. The highest BCUT2D eigenvalue weighted by molar-refractivity contribution is 7.19. The molecule has 136 valence electrons. The first-order valence-electron chi connectivity index (χ1n) is 8.28. The van der Waals surface area contributed by atoms with E-state index in [1.807, 2.05) is 19.2 Å². The molecule has 1 fully saturated rings. The lowest BCUT2D eigenvalue weighted by Gasteiger charge is -2.38. The summed E-state index contributed by atoms with van der Waals surface area (Å²) in [5, 5.41) is 7.41. The Morgan fingerprint density at radius 3 is 2.96 bits per heavy atom. The van der Waals surface area contributed by atoms with Crippen LogP contribution in [0.3, 0.4) is 0 Å². The van der Waals surface area contributed by atoms with E-state index in [1.165, 1.54) is 11.3 Å². The van der Waals surface area contributed by atoms with E-state index in [1.54, 1.807) is 10.9 Å². The van der Waals surface area contributed by atoms with Crippen LogP contribution in [0, 0.1) is 0 Å². The second kappa shape index (κ2) is 7.45. The monoisotopic (exact) mass is 382 g/mol. The van der Waals surface area contributed by atoms with Gasteiger partial charge in [-0.15, -0.1) is 11.3 Å². The Morgan fingerprint density at radius 1 is 1.48 bits per heavy atom. The molecule has 0 atom stereocenters. The molecule has 3 rings (SSSR count). The van der Waals surface area contributed by atoms with Crippen LogP contribution in [0.2, 0.25) is 4.34 Å². The molecule has 0 aromatic carbocycles. The molecule has 1 amide bonds. The summed E-state index contributed by atoms with van der Waals surface area (Å²) in [6, 6.07) is 3.71. The van der Waals surface area contributed by atoms with Gasteiger partial charge in [-0.25, -0.2) is 0 Å². The minimum absolute atomic E-state index is 0.111. The van der Waals surface area contributed by atoms with Crippen molar-refractivity contribution in [2.24, 2.45) is 7.05 Å². The van der Waals surface area contributed by atoms with Gasteiger partial charge in [-0.05, 0) is 26.0 Å². The van der Waals surface area contributed by atoms with Gasteiger partial charge in [0.2, 0.25) is 0 Å². The molecule has 2 aromatic rings. The van der Waals surface area contributed by atoms with Crippen molar-refractivity contribution in [3.63, 3.8) is 0 Å². The molecular weight excluding hydrogens is 360 g/mol. The van der Waals surface area contributed by atoms with E-state index in [9.17, 15) is 4.79 Å². The molecule has 0 radical (unpaired) electrons. The molecule has 1 saturated heterocycles. The molecule has 0 unspecified atom stereocenters. The lowest BCUT2D eigenvalue weighted by molar-refractivity contribution is -0.0853. The van der Waals surface area contributed by atoms with Crippen LogP contribution in [0.1, 0.15) is 24.2 Å². The number of hydrogen-bond donors (Lipinski definition) is 1. The normalized spacial score (nSPS) is 17.6. The van der Waals surface area contributed by atoms with Gasteiger partial charge in [0.15, 0.2) is 0 Å². The topological polar surface area (TPSA) is 59.4 Å². The number of amides is 1. The number of thiophene rings is 1. The second-order valence-corrected chi connectivity index (χ2v) is 8.52. The van der Waals surface area contributed by atoms with Crippen LogP contribution in [-0.4, -0.2) is 59.0 Å². The Labute approximate surface area is 156 Å². The summed E-state index contributed by atoms with van der Waals surface area (Å²) in [5.74, 6) is -0.111. The number of morpholine rings is 1. The van der Waals surface area contributed by atoms with Crippen molar-refractivity contribution in [2.45, 2.75) is 19.4 Å². The van der Waals surface area contributed by atoms with E-state index in [0.29, 0.717) is 22.1 Å². The summed E-state index contributed by atoms with van der Waals surface area (Å²) in [6.45, 7) is 8.07. The van der Waals surface area contributed by atoms with Crippen LogP contribution in [0.25, 0.3) is 10.6 Å². The maximum atomic E-state index is 12.6. The Hall–Kier alpha value is -1.41. The van der Waals surface area contributed by atoms with Crippen LogP contribution in [-0.2, 0) is 11.8 Å². The quantitative estimate of drug-likeness (QED) is 0.863. The van der Waals surface area contributed by atoms with E-state index in [2.05, 4.69) is 29.2 Å². The standard InChI is InChI=1S/C17H23ClN4O2S/c1-17(2)11-22(8-9-24-17)7-6-19-16(23)12-10-21(3)20-15(12)13-4-5-14(18)25-13/h4-5,10H,6-9,11H2,1-3H3,(H,19,23). The smallest absolute Gasteiger partial charge is 0.255 e. The summed E-state index contributed by atoms with van der Waals surface area (Å²) < 4.78 is 8.05. The van der Waals surface area contributed by atoms with Crippen molar-refractivity contribution in [3.05, 3.63) is 28.2 Å². The number of nitrogens with zero attached hydrogens (tertiary/aromatic N) is 3. The maximum absolute atomic E-state index is 12.6. The molecule has 2 aromatic heterocycles. The van der Waals surface area contributed by atoms with Crippen LogP contribution >= 0.6 is 22.9 Å².